The third-order valence-corrected chi connectivity index (χ3v) is 4.38. The van der Waals surface area contributed by atoms with Crippen molar-refractivity contribution in [3.05, 3.63) is 24.3 Å². The molecule has 1 N–H and O–H groups in total. The smallest absolute Gasteiger partial charge is 0.161 e. The zero-order valence-corrected chi connectivity index (χ0v) is 13.8. The lowest BCUT2D eigenvalue weighted by Crippen LogP contribution is -2.51. The molecular weight excluding hydrogens is 262 g/mol. The fourth-order valence-electron chi connectivity index (χ4n) is 3.42. The van der Waals surface area contributed by atoms with Crippen LogP contribution in [0.2, 0.25) is 0 Å². The number of benzene rings is 1. The van der Waals surface area contributed by atoms with E-state index in [9.17, 15) is 0 Å². The van der Waals surface area contributed by atoms with Crippen LogP contribution in [-0.2, 0) is 0 Å². The highest BCUT2D eigenvalue weighted by atomic mass is 16.5. The summed E-state index contributed by atoms with van der Waals surface area (Å²) in [7, 11) is 1.70. The quantitative estimate of drug-likeness (QED) is 0.863. The number of hydrogen-bond acceptors (Lipinski definition) is 3. The van der Waals surface area contributed by atoms with E-state index in [0.29, 0.717) is 12.0 Å². The molecule has 0 heterocycles. The van der Waals surface area contributed by atoms with Crippen molar-refractivity contribution in [2.24, 2.45) is 11.8 Å². The lowest BCUT2D eigenvalue weighted by Gasteiger charge is -2.40. The maximum absolute atomic E-state index is 6.36. The van der Waals surface area contributed by atoms with Gasteiger partial charge in [-0.3, -0.25) is 0 Å². The normalized spacial score (nSPS) is 29.1. The van der Waals surface area contributed by atoms with Gasteiger partial charge in [0.05, 0.1) is 7.11 Å². The van der Waals surface area contributed by atoms with Crippen LogP contribution in [0.4, 0.5) is 0 Å². The Morgan fingerprint density at radius 1 is 1.14 bits per heavy atom. The zero-order valence-electron chi connectivity index (χ0n) is 13.8. The van der Waals surface area contributed by atoms with E-state index in [4.69, 9.17) is 9.47 Å². The van der Waals surface area contributed by atoms with Crippen LogP contribution in [0.1, 0.15) is 40.0 Å². The minimum absolute atomic E-state index is 0.212. The molecular formula is C18H29NO2. The number of methoxy groups -OCH3 is 1. The van der Waals surface area contributed by atoms with Crippen molar-refractivity contribution in [3.8, 4) is 11.5 Å². The Kier molecular flexibility index (Phi) is 5.92. The van der Waals surface area contributed by atoms with E-state index in [2.05, 4.69) is 26.1 Å². The van der Waals surface area contributed by atoms with Crippen molar-refractivity contribution < 1.29 is 9.47 Å². The first kappa shape index (κ1) is 16.2. The highest BCUT2D eigenvalue weighted by Crippen LogP contribution is 2.35. The van der Waals surface area contributed by atoms with Gasteiger partial charge >= 0.3 is 0 Å². The molecule has 0 spiro atoms. The first-order chi connectivity index (χ1) is 10.2. The highest BCUT2D eigenvalue weighted by Gasteiger charge is 2.35. The third-order valence-electron chi connectivity index (χ3n) is 4.38. The number of para-hydroxylation sites is 2. The van der Waals surface area contributed by atoms with E-state index in [1.165, 1.54) is 12.8 Å². The molecule has 0 aliphatic heterocycles. The first-order valence-corrected chi connectivity index (χ1v) is 8.18. The lowest BCUT2D eigenvalue weighted by atomic mass is 9.78. The van der Waals surface area contributed by atoms with E-state index in [-0.39, 0.29) is 6.10 Å². The molecule has 3 heteroatoms. The molecule has 4 atom stereocenters. The van der Waals surface area contributed by atoms with Gasteiger partial charge in [-0.15, -0.1) is 0 Å². The predicted molar refractivity (Wildman–Crippen MR) is 87.1 cm³/mol. The minimum atomic E-state index is 0.212. The molecule has 1 aromatic carbocycles. The van der Waals surface area contributed by atoms with Gasteiger partial charge in [-0.1, -0.05) is 32.9 Å². The van der Waals surface area contributed by atoms with Crippen LogP contribution in [0, 0.1) is 11.8 Å². The summed E-state index contributed by atoms with van der Waals surface area (Å²) in [5, 5.41) is 3.67. The van der Waals surface area contributed by atoms with Gasteiger partial charge in [-0.05, 0) is 49.8 Å². The Labute approximate surface area is 129 Å². The monoisotopic (exact) mass is 291 g/mol. The lowest BCUT2D eigenvalue weighted by molar-refractivity contribution is 0.0457. The first-order valence-electron chi connectivity index (χ1n) is 8.18. The molecule has 4 unspecified atom stereocenters. The Bertz CT molecular complexity index is 435. The summed E-state index contributed by atoms with van der Waals surface area (Å²) in [4.78, 5) is 0. The molecule has 0 saturated heterocycles. The van der Waals surface area contributed by atoms with Gasteiger partial charge in [0.2, 0.25) is 0 Å². The predicted octanol–water partition coefficient (Wildman–Crippen LogP) is 3.88. The summed E-state index contributed by atoms with van der Waals surface area (Å²) in [5.74, 6) is 2.98. The molecule has 1 aromatic rings. The minimum Gasteiger partial charge on any atom is -0.493 e. The molecule has 1 fully saturated rings. The van der Waals surface area contributed by atoms with Gasteiger partial charge in [0.15, 0.2) is 11.5 Å². The van der Waals surface area contributed by atoms with Crippen LogP contribution in [0.15, 0.2) is 24.3 Å². The van der Waals surface area contributed by atoms with Crippen molar-refractivity contribution in [1.82, 2.24) is 5.32 Å². The van der Waals surface area contributed by atoms with Crippen LogP contribution in [0.3, 0.4) is 0 Å². The maximum Gasteiger partial charge on any atom is 0.161 e. The van der Waals surface area contributed by atoms with Gasteiger partial charge in [-0.2, -0.15) is 0 Å². The average molecular weight is 291 g/mol. The van der Waals surface area contributed by atoms with E-state index < -0.39 is 0 Å². The molecule has 21 heavy (non-hydrogen) atoms. The third kappa shape index (κ3) is 4.13. The fraction of sp³-hybridized carbons (Fsp3) is 0.667. The Morgan fingerprint density at radius 2 is 1.86 bits per heavy atom. The SMILES string of the molecule is CCCNC1CC(C)CC(C)C1Oc1ccccc1OC. The summed E-state index contributed by atoms with van der Waals surface area (Å²) in [6, 6.07) is 8.36. The molecule has 118 valence electrons. The van der Waals surface area contributed by atoms with Crippen LogP contribution >= 0.6 is 0 Å². The van der Waals surface area contributed by atoms with E-state index in [1.54, 1.807) is 7.11 Å². The summed E-state index contributed by atoms with van der Waals surface area (Å²) >= 11 is 0. The van der Waals surface area contributed by atoms with Crippen molar-refractivity contribution in [2.75, 3.05) is 13.7 Å². The van der Waals surface area contributed by atoms with Crippen molar-refractivity contribution >= 4 is 0 Å². The fourth-order valence-corrected chi connectivity index (χ4v) is 3.42. The molecule has 1 aliphatic rings. The Morgan fingerprint density at radius 3 is 2.52 bits per heavy atom. The highest BCUT2D eigenvalue weighted by molar-refractivity contribution is 5.39. The van der Waals surface area contributed by atoms with Gasteiger partial charge in [0.1, 0.15) is 6.10 Å². The standard InChI is InChI=1S/C18H29NO2/c1-5-10-19-15-12-13(2)11-14(3)18(15)21-17-9-7-6-8-16(17)20-4/h6-9,13-15,18-19H,5,10-12H2,1-4H3. The Balaban J connectivity index is 2.13. The molecule has 3 nitrogen and oxygen atoms in total. The second-order valence-electron chi connectivity index (χ2n) is 6.35. The van der Waals surface area contributed by atoms with Crippen LogP contribution in [0.25, 0.3) is 0 Å². The van der Waals surface area contributed by atoms with Crippen LogP contribution in [0.5, 0.6) is 11.5 Å². The van der Waals surface area contributed by atoms with E-state index >= 15 is 0 Å². The zero-order chi connectivity index (χ0) is 15.2. The molecule has 1 saturated carbocycles. The summed E-state index contributed by atoms with van der Waals surface area (Å²) < 4.78 is 11.8. The van der Waals surface area contributed by atoms with Gasteiger partial charge in [0.25, 0.3) is 0 Å². The molecule has 0 radical (unpaired) electrons. The van der Waals surface area contributed by atoms with E-state index in [1.807, 2.05) is 24.3 Å². The average Bonchev–Trinajstić information content (AvgIpc) is 2.48. The molecule has 0 aromatic heterocycles. The second kappa shape index (κ2) is 7.69. The maximum atomic E-state index is 6.36. The number of hydrogen-bond donors (Lipinski definition) is 1. The number of rotatable bonds is 6. The van der Waals surface area contributed by atoms with Crippen LogP contribution < -0.4 is 14.8 Å². The second-order valence-corrected chi connectivity index (χ2v) is 6.35. The van der Waals surface area contributed by atoms with E-state index in [0.717, 1.165) is 30.4 Å². The topological polar surface area (TPSA) is 30.5 Å². The van der Waals surface area contributed by atoms with Gasteiger partial charge in [0, 0.05) is 6.04 Å². The number of nitrogens with one attached hydrogen (secondary N) is 1. The molecule has 0 bridgehead atoms. The molecule has 0 amide bonds. The largest absolute Gasteiger partial charge is 0.493 e. The van der Waals surface area contributed by atoms with Gasteiger partial charge < -0.3 is 14.8 Å². The summed E-state index contributed by atoms with van der Waals surface area (Å²) in [6.07, 6.45) is 3.78. The van der Waals surface area contributed by atoms with Crippen molar-refractivity contribution in [1.29, 1.82) is 0 Å². The van der Waals surface area contributed by atoms with Gasteiger partial charge in [-0.25, -0.2) is 0 Å². The summed E-state index contributed by atoms with van der Waals surface area (Å²) in [5.41, 5.74) is 0. The molecule has 2 rings (SSSR count). The summed E-state index contributed by atoms with van der Waals surface area (Å²) in [6.45, 7) is 7.90. The molecule has 1 aliphatic carbocycles. The Hall–Kier alpha value is -1.22. The van der Waals surface area contributed by atoms with Crippen molar-refractivity contribution in [2.45, 2.75) is 52.2 Å². The number of ether oxygens (including phenoxy) is 2. The van der Waals surface area contributed by atoms with Crippen molar-refractivity contribution in [3.63, 3.8) is 0 Å². The van der Waals surface area contributed by atoms with Crippen LogP contribution in [-0.4, -0.2) is 25.8 Å².